The van der Waals surface area contributed by atoms with Gasteiger partial charge in [-0.25, -0.2) is 8.42 Å². The first-order chi connectivity index (χ1) is 16.1. The van der Waals surface area contributed by atoms with E-state index in [0.717, 1.165) is 35.1 Å². The third kappa shape index (κ3) is 5.81. The number of anilines is 1. The maximum atomic E-state index is 12.6. The zero-order valence-corrected chi connectivity index (χ0v) is 19.3. The first-order valence-corrected chi connectivity index (χ1v) is 11.6. The van der Waals surface area contributed by atoms with Crippen LogP contribution in [0.15, 0.2) is 65.6 Å². The number of aryl methyl sites for hydroxylation is 1. The Morgan fingerprint density at radius 2 is 1.79 bits per heavy atom. The second kappa shape index (κ2) is 10.2. The fraction of sp³-hybridized carbons (Fsp3) is 0.174. The predicted octanol–water partition coefficient (Wildman–Crippen LogP) is 3.39. The summed E-state index contributed by atoms with van der Waals surface area (Å²) in [7, 11) is -2.56. The standard InChI is InChI=1S/C23H23N3O7S/c1-15-3-10-22(33-2)17(13-15)11-12-24-23(28)16-4-6-18(7-5-16)25-34(31,32)19-8-9-21(27)20(14-19)26(29)30/h3-10,13-14,25,27H,11-12H2,1-2H3,(H,24,28). The van der Waals surface area contributed by atoms with E-state index in [4.69, 9.17) is 4.74 Å². The van der Waals surface area contributed by atoms with Gasteiger partial charge < -0.3 is 15.2 Å². The van der Waals surface area contributed by atoms with E-state index in [9.17, 15) is 28.4 Å². The number of hydrogen-bond acceptors (Lipinski definition) is 7. The summed E-state index contributed by atoms with van der Waals surface area (Å²) in [5.74, 6) is -0.217. The summed E-state index contributed by atoms with van der Waals surface area (Å²) >= 11 is 0. The van der Waals surface area contributed by atoms with Gasteiger partial charge in [0.05, 0.1) is 16.9 Å². The van der Waals surface area contributed by atoms with E-state index in [0.29, 0.717) is 18.5 Å². The number of sulfonamides is 1. The molecule has 0 aliphatic heterocycles. The number of nitrogens with one attached hydrogen (secondary N) is 2. The Labute approximate surface area is 196 Å². The zero-order valence-electron chi connectivity index (χ0n) is 18.4. The Kier molecular flexibility index (Phi) is 7.37. The summed E-state index contributed by atoms with van der Waals surface area (Å²) < 4.78 is 32.7. The highest BCUT2D eigenvalue weighted by Crippen LogP contribution is 2.29. The molecule has 3 aromatic rings. The number of benzene rings is 3. The minimum absolute atomic E-state index is 0.164. The molecule has 0 saturated carbocycles. The number of nitro benzene ring substituents is 1. The molecule has 0 fully saturated rings. The lowest BCUT2D eigenvalue weighted by Gasteiger charge is -2.11. The van der Waals surface area contributed by atoms with Crippen molar-refractivity contribution in [3.05, 3.63) is 87.5 Å². The van der Waals surface area contributed by atoms with Crippen LogP contribution in [0.3, 0.4) is 0 Å². The monoisotopic (exact) mass is 485 g/mol. The lowest BCUT2D eigenvalue weighted by molar-refractivity contribution is -0.386. The van der Waals surface area contributed by atoms with Crippen molar-refractivity contribution in [2.45, 2.75) is 18.2 Å². The summed E-state index contributed by atoms with van der Waals surface area (Å²) in [4.78, 5) is 22.1. The lowest BCUT2D eigenvalue weighted by Crippen LogP contribution is -2.25. The average molecular weight is 486 g/mol. The fourth-order valence-electron chi connectivity index (χ4n) is 3.24. The van der Waals surface area contributed by atoms with Gasteiger partial charge in [0.1, 0.15) is 5.75 Å². The molecular weight excluding hydrogens is 462 g/mol. The number of aromatic hydroxyl groups is 1. The topological polar surface area (TPSA) is 148 Å². The molecule has 0 bridgehead atoms. The molecule has 11 heteroatoms. The quantitative estimate of drug-likeness (QED) is 0.311. The van der Waals surface area contributed by atoms with E-state index in [2.05, 4.69) is 10.0 Å². The molecule has 3 aromatic carbocycles. The van der Waals surface area contributed by atoms with E-state index in [-0.39, 0.29) is 16.5 Å². The number of phenols is 1. The van der Waals surface area contributed by atoms with Gasteiger partial charge in [-0.2, -0.15) is 0 Å². The first kappa shape index (κ1) is 24.5. The Morgan fingerprint density at radius 3 is 2.44 bits per heavy atom. The molecular formula is C23H23N3O7S. The molecule has 0 spiro atoms. The summed E-state index contributed by atoms with van der Waals surface area (Å²) in [6.07, 6.45) is 0.577. The summed E-state index contributed by atoms with van der Waals surface area (Å²) in [6.45, 7) is 2.35. The molecule has 0 unspecified atom stereocenters. The molecule has 3 rings (SSSR count). The minimum Gasteiger partial charge on any atom is -0.502 e. The number of carbonyl (C=O) groups is 1. The van der Waals surface area contributed by atoms with Crippen LogP contribution in [0.1, 0.15) is 21.5 Å². The van der Waals surface area contributed by atoms with Gasteiger partial charge in [0.2, 0.25) is 0 Å². The molecule has 0 heterocycles. The van der Waals surface area contributed by atoms with Crippen LogP contribution in [-0.4, -0.2) is 38.0 Å². The largest absolute Gasteiger partial charge is 0.502 e. The summed E-state index contributed by atoms with van der Waals surface area (Å²) in [5, 5.41) is 23.3. The smallest absolute Gasteiger partial charge is 0.312 e. The molecule has 34 heavy (non-hydrogen) atoms. The van der Waals surface area contributed by atoms with E-state index >= 15 is 0 Å². The fourth-order valence-corrected chi connectivity index (χ4v) is 4.31. The SMILES string of the molecule is COc1ccc(C)cc1CCNC(=O)c1ccc(NS(=O)(=O)c2ccc(O)c([N+](=O)[O-])c2)cc1. The van der Waals surface area contributed by atoms with Crippen molar-refractivity contribution < 1.29 is 28.0 Å². The van der Waals surface area contributed by atoms with Crippen molar-refractivity contribution in [1.29, 1.82) is 0 Å². The Morgan fingerprint density at radius 1 is 1.09 bits per heavy atom. The van der Waals surface area contributed by atoms with Crippen LogP contribution in [0.2, 0.25) is 0 Å². The van der Waals surface area contributed by atoms with Gasteiger partial charge in [0.15, 0.2) is 5.75 Å². The summed E-state index contributed by atoms with van der Waals surface area (Å²) in [6, 6.07) is 14.3. The maximum Gasteiger partial charge on any atom is 0.312 e. The molecule has 3 N–H and O–H groups in total. The van der Waals surface area contributed by atoms with Gasteiger partial charge in [0.25, 0.3) is 15.9 Å². The Bertz CT molecular complexity index is 1320. The maximum absolute atomic E-state index is 12.6. The Balaban J connectivity index is 1.63. The number of nitrogens with zero attached hydrogens (tertiary/aromatic N) is 1. The van der Waals surface area contributed by atoms with Crippen molar-refractivity contribution >= 4 is 27.3 Å². The van der Waals surface area contributed by atoms with Gasteiger partial charge >= 0.3 is 5.69 Å². The molecule has 10 nitrogen and oxygen atoms in total. The Hall–Kier alpha value is -4.12. The van der Waals surface area contributed by atoms with Crippen LogP contribution < -0.4 is 14.8 Å². The number of nitro groups is 1. The van der Waals surface area contributed by atoms with E-state index in [1.807, 2.05) is 25.1 Å². The predicted molar refractivity (Wildman–Crippen MR) is 126 cm³/mol. The number of phenolic OH excluding ortho intramolecular Hbond substituents is 1. The van der Waals surface area contributed by atoms with Gasteiger partial charge in [0, 0.05) is 23.9 Å². The highest BCUT2D eigenvalue weighted by atomic mass is 32.2. The van der Waals surface area contributed by atoms with E-state index in [1.165, 1.54) is 24.3 Å². The molecule has 0 radical (unpaired) electrons. The normalized spacial score (nSPS) is 11.0. The number of amides is 1. The lowest BCUT2D eigenvalue weighted by atomic mass is 10.1. The van der Waals surface area contributed by atoms with Gasteiger partial charge in [-0.1, -0.05) is 17.7 Å². The number of ether oxygens (including phenoxy) is 1. The molecule has 0 atom stereocenters. The first-order valence-electron chi connectivity index (χ1n) is 10.1. The van der Waals surface area contributed by atoms with Crippen LogP contribution in [0, 0.1) is 17.0 Å². The second-order valence-electron chi connectivity index (χ2n) is 7.41. The van der Waals surface area contributed by atoms with Crippen LogP contribution in [0.25, 0.3) is 0 Å². The van der Waals surface area contributed by atoms with E-state index in [1.54, 1.807) is 7.11 Å². The number of hydrogen-bond donors (Lipinski definition) is 3. The third-order valence-electron chi connectivity index (χ3n) is 4.97. The van der Waals surface area contributed by atoms with Crippen molar-refractivity contribution in [3.63, 3.8) is 0 Å². The number of rotatable bonds is 9. The molecule has 0 saturated heterocycles. The highest BCUT2D eigenvalue weighted by Gasteiger charge is 2.21. The summed E-state index contributed by atoms with van der Waals surface area (Å²) in [5.41, 5.74) is 1.83. The van der Waals surface area contributed by atoms with Crippen LogP contribution in [-0.2, 0) is 16.4 Å². The second-order valence-corrected chi connectivity index (χ2v) is 9.09. The van der Waals surface area contributed by atoms with Gasteiger partial charge in [-0.15, -0.1) is 0 Å². The van der Waals surface area contributed by atoms with Crippen LogP contribution in [0.5, 0.6) is 11.5 Å². The highest BCUT2D eigenvalue weighted by molar-refractivity contribution is 7.92. The molecule has 0 aliphatic carbocycles. The van der Waals surface area contributed by atoms with Gasteiger partial charge in [-0.05, 0) is 61.4 Å². The zero-order chi connectivity index (χ0) is 24.9. The number of methoxy groups -OCH3 is 1. The van der Waals surface area contributed by atoms with Crippen molar-refractivity contribution in [2.24, 2.45) is 0 Å². The number of carbonyl (C=O) groups excluding carboxylic acids is 1. The molecule has 0 aromatic heterocycles. The molecule has 0 aliphatic rings. The van der Waals surface area contributed by atoms with Crippen molar-refractivity contribution in [2.75, 3.05) is 18.4 Å². The minimum atomic E-state index is -4.15. The third-order valence-corrected chi connectivity index (χ3v) is 6.35. The molecule has 178 valence electrons. The van der Waals surface area contributed by atoms with E-state index < -0.39 is 26.4 Å². The molecule has 1 amide bonds. The van der Waals surface area contributed by atoms with Crippen molar-refractivity contribution in [3.8, 4) is 11.5 Å². The van der Waals surface area contributed by atoms with Gasteiger partial charge in [-0.3, -0.25) is 19.6 Å². The van der Waals surface area contributed by atoms with Crippen LogP contribution >= 0.6 is 0 Å². The van der Waals surface area contributed by atoms with Crippen LogP contribution in [0.4, 0.5) is 11.4 Å². The van der Waals surface area contributed by atoms with Crippen molar-refractivity contribution in [1.82, 2.24) is 5.32 Å². The average Bonchev–Trinajstić information content (AvgIpc) is 2.79.